The maximum Gasteiger partial charge on any atom is -0.0181 e. The van der Waals surface area contributed by atoms with Crippen LogP contribution in [0.15, 0.2) is 42.5 Å². The van der Waals surface area contributed by atoms with E-state index in [1.807, 2.05) is 13.8 Å². The van der Waals surface area contributed by atoms with E-state index in [1.165, 1.54) is 16.3 Å². The van der Waals surface area contributed by atoms with E-state index >= 15 is 0 Å². The van der Waals surface area contributed by atoms with E-state index in [2.05, 4.69) is 56.3 Å². The summed E-state index contributed by atoms with van der Waals surface area (Å²) in [5, 5.41) is 2.67. The Morgan fingerprint density at radius 2 is 1.35 bits per heavy atom. The van der Waals surface area contributed by atoms with Gasteiger partial charge in [-0.3, -0.25) is 0 Å². The normalized spacial score (nSPS) is 8.76. The van der Waals surface area contributed by atoms with Crippen LogP contribution in [0, 0.1) is 0 Å². The van der Waals surface area contributed by atoms with Crippen LogP contribution in [0.5, 0.6) is 0 Å². The Kier molecular flexibility index (Phi) is 10.00. The first-order valence-corrected chi connectivity index (χ1v) is 5.76. The number of fused-ring (bicyclic) bond motifs is 1. The summed E-state index contributed by atoms with van der Waals surface area (Å²) >= 11 is 0. The molecule has 0 aliphatic carbocycles. The lowest BCUT2D eigenvalue weighted by Gasteiger charge is -2.06. The van der Waals surface area contributed by atoms with E-state index in [0.717, 1.165) is 0 Å². The lowest BCUT2D eigenvalue weighted by Crippen LogP contribution is -1.85. The van der Waals surface area contributed by atoms with Crippen molar-refractivity contribution in [2.75, 3.05) is 0 Å². The minimum atomic E-state index is 0. The Hall–Kier alpha value is -0.870. The van der Waals surface area contributed by atoms with E-state index in [4.69, 9.17) is 0 Å². The van der Waals surface area contributed by atoms with E-state index in [9.17, 15) is 0 Å². The quantitative estimate of drug-likeness (QED) is 0.571. The van der Waals surface area contributed by atoms with Crippen molar-refractivity contribution < 1.29 is 0 Å². The second kappa shape index (κ2) is 9.19. The van der Waals surface area contributed by atoms with E-state index in [0.29, 0.717) is 5.92 Å². The van der Waals surface area contributed by atoms with Gasteiger partial charge in [-0.05, 0) is 22.3 Å². The van der Waals surface area contributed by atoms with Gasteiger partial charge in [-0.25, -0.2) is 0 Å². The van der Waals surface area contributed by atoms with Crippen LogP contribution in [0.4, 0.5) is 0 Å². The van der Waals surface area contributed by atoms with Gasteiger partial charge in [-0.15, -0.1) is 0 Å². The Bertz CT molecular complexity index is 419. The van der Waals surface area contributed by atoms with Crippen molar-refractivity contribution in [2.24, 2.45) is 0 Å². The van der Waals surface area contributed by atoms with Gasteiger partial charge in [0.2, 0.25) is 0 Å². The molecule has 0 aliphatic heterocycles. The highest BCUT2D eigenvalue weighted by Gasteiger charge is 1.99. The summed E-state index contributed by atoms with van der Waals surface area (Å²) in [6.07, 6.45) is 0. The molecule has 0 fully saturated rings. The fraction of sp³-hybridized carbons (Fsp3) is 0.375. The van der Waals surface area contributed by atoms with Gasteiger partial charge in [-0.1, -0.05) is 77.6 Å². The van der Waals surface area contributed by atoms with Crippen molar-refractivity contribution >= 4 is 20.7 Å². The fourth-order valence-electron chi connectivity index (χ4n) is 1.57. The third kappa shape index (κ3) is 4.88. The molecule has 0 nitrogen and oxygen atoms in total. The second-order valence-electron chi connectivity index (χ2n) is 3.76. The van der Waals surface area contributed by atoms with Crippen molar-refractivity contribution in [3.63, 3.8) is 0 Å². The average molecular weight is 250 g/mol. The molecule has 0 N–H and O–H groups in total. The molecule has 0 saturated carbocycles. The van der Waals surface area contributed by atoms with E-state index in [1.54, 1.807) is 0 Å². The van der Waals surface area contributed by atoms with Crippen LogP contribution >= 0.6 is 9.90 Å². The third-order valence-electron chi connectivity index (χ3n) is 2.44. The topological polar surface area (TPSA) is 0 Å². The highest BCUT2D eigenvalue weighted by molar-refractivity contribution is 6.92. The number of rotatable bonds is 1. The van der Waals surface area contributed by atoms with Crippen LogP contribution in [0.3, 0.4) is 0 Å². The van der Waals surface area contributed by atoms with Crippen LogP contribution in [0.2, 0.25) is 0 Å². The van der Waals surface area contributed by atoms with Crippen LogP contribution in [0.25, 0.3) is 10.8 Å². The van der Waals surface area contributed by atoms with E-state index < -0.39 is 0 Å². The molecule has 17 heavy (non-hydrogen) atoms. The maximum absolute atomic E-state index is 2.28. The monoisotopic (exact) mass is 250 g/mol. The van der Waals surface area contributed by atoms with Crippen molar-refractivity contribution in [3.8, 4) is 0 Å². The SMILES string of the molecule is C.CC.CC(C)c1ccc2ccccc2c1.P. The second-order valence-corrected chi connectivity index (χ2v) is 3.76. The molecule has 0 aliphatic rings. The minimum absolute atomic E-state index is 0. The first-order chi connectivity index (χ1) is 7.27. The summed E-state index contributed by atoms with van der Waals surface area (Å²) in [7, 11) is 0. The van der Waals surface area contributed by atoms with Gasteiger partial charge in [-0.2, -0.15) is 9.90 Å². The van der Waals surface area contributed by atoms with Crippen LogP contribution in [-0.4, -0.2) is 0 Å². The number of benzene rings is 2. The average Bonchev–Trinajstić information content (AvgIpc) is 2.31. The largest absolute Gasteiger partial charge is 0.153 e. The molecule has 96 valence electrons. The molecule has 1 unspecified atom stereocenters. The maximum atomic E-state index is 2.28. The number of hydrogen-bond donors (Lipinski definition) is 0. The molecule has 1 heteroatoms. The standard InChI is InChI=1S/C13H14.C2H6.CH4.H3P/c1-10(2)12-8-7-11-5-3-4-6-13(11)9-12;1-2;;/h3-10H,1-2H3;1-2H3;1H4;1H3. The zero-order valence-electron chi connectivity index (χ0n) is 10.8. The molecule has 0 heterocycles. The lowest BCUT2D eigenvalue weighted by molar-refractivity contribution is 0.869. The van der Waals surface area contributed by atoms with Crippen molar-refractivity contribution in [2.45, 2.75) is 41.0 Å². The van der Waals surface area contributed by atoms with Crippen LogP contribution < -0.4 is 0 Å². The molecule has 1 atom stereocenters. The van der Waals surface area contributed by atoms with Gasteiger partial charge in [0.25, 0.3) is 0 Å². The highest BCUT2D eigenvalue weighted by atomic mass is 31.0. The Labute approximate surface area is 110 Å². The molecular weight excluding hydrogens is 223 g/mol. The predicted molar refractivity (Wildman–Crippen MR) is 87.2 cm³/mol. The molecule has 0 aromatic heterocycles. The summed E-state index contributed by atoms with van der Waals surface area (Å²) < 4.78 is 0. The van der Waals surface area contributed by atoms with Gasteiger partial charge in [0.05, 0.1) is 0 Å². The molecule has 2 aromatic rings. The van der Waals surface area contributed by atoms with E-state index in [-0.39, 0.29) is 17.3 Å². The Balaban J connectivity index is 0. The fourth-order valence-corrected chi connectivity index (χ4v) is 1.57. The zero-order valence-corrected chi connectivity index (χ0v) is 12.2. The van der Waals surface area contributed by atoms with Crippen LogP contribution in [0.1, 0.15) is 46.6 Å². The van der Waals surface area contributed by atoms with Gasteiger partial charge >= 0.3 is 0 Å². The first kappa shape index (κ1) is 18.5. The summed E-state index contributed by atoms with van der Waals surface area (Å²) in [4.78, 5) is 0. The highest BCUT2D eigenvalue weighted by Crippen LogP contribution is 2.20. The minimum Gasteiger partial charge on any atom is -0.153 e. The van der Waals surface area contributed by atoms with Crippen molar-refractivity contribution in [1.82, 2.24) is 0 Å². The van der Waals surface area contributed by atoms with Gasteiger partial charge in [0.1, 0.15) is 0 Å². The molecular formula is C16H27P. The predicted octanol–water partition coefficient (Wildman–Crippen LogP) is 5.68. The smallest absolute Gasteiger partial charge is 0.0181 e. The lowest BCUT2D eigenvalue weighted by atomic mass is 9.99. The molecule has 0 saturated heterocycles. The summed E-state index contributed by atoms with van der Waals surface area (Å²) in [5.74, 6) is 0.615. The van der Waals surface area contributed by atoms with Crippen LogP contribution in [-0.2, 0) is 0 Å². The summed E-state index contributed by atoms with van der Waals surface area (Å²) in [5.41, 5.74) is 1.42. The zero-order chi connectivity index (χ0) is 11.3. The van der Waals surface area contributed by atoms with Crippen molar-refractivity contribution in [3.05, 3.63) is 48.0 Å². The molecule has 0 radical (unpaired) electrons. The summed E-state index contributed by atoms with van der Waals surface area (Å²) in [6.45, 7) is 8.45. The first-order valence-electron chi connectivity index (χ1n) is 5.76. The molecule has 0 bridgehead atoms. The molecule has 0 spiro atoms. The molecule has 0 amide bonds. The number of hydrogen-bond acceptors (Lipinski definition) is 0. The molecule has 2 aromatic carbocycles. The third-order valence-corrected chi connectivity index (χ3v) is 2.44. The Morgan fingerprint density at radius 3 is 1.88 bits per heavy atom. The van der Waals surface area contributed by atoms with Gasteiger partial charge < -0.3 is 0 Å². The van der Waals surface area contributed by atoms with Crippen molar-refractivity contribution in [1.29, 1.82) is 0 Å². The summed E-state index contributed by atoms with van der Waals surface area (Å²) in [6, 6.07) is 15.2. The van der Waals surface area contributed by atoms with Gasteiger partial charge in [0.15, 0.2) is 0 Å². The Morgan fingerprint density at radius 1 is 0.824 bits per heavy atom. The van der Waals surface area contributed by atoms with Gasteiger partial charge in [0, 0.05) is 0 Å². The molecule has 2 rings (SSSR count).